The van der Waals surface area contributed by atoms with Crippen molar-refractivity contribution in [2.75, 3.05) is 0 Å². The van der Waals surface area contributed by atoms with Crippen LogP contribution >= 0.6 is 0 Å². The second-order valence-corrected chi connectivity index (χ2v) is 16.3. The van der Waals surface area contributed by atoms with Crippen molar-refractivity contribution < 1.29 is 81.7 Å². The number of carbonyl (C=O) groups excluding carboxylic acids is 8. The summed E-state index contributed by atoms with van der Waals surface area (Å²) < 4.78 is 41.4. The summed E-state index contributed by atoms with van der Waals surface area (Å²) >= 11 is 0. The molecule has 2 fully saturated rings. The van der Waals surface area contributed by atoms with Crippen molar-refractivity contribution in [3.05, 3.63) is 12.2 Å². The molecule has 10 atom stereocenters. The van der Waals surface area contributed by atoms with Gasteiger partial charge in [-0.1, -0.05) is 47.6 Å². The third kappa shape index (κ3) is 9.20. The van der Waals surface area contributed by atoms with E-state index in [1.54, 1.807) is 0 Å². The molecule has 1 saturated heterocycles. The van der Waals surface area contributed by atoms with E-state index in [-0.39, 0.29) is 0 Å². The molecule has 2 N–H and O–H groups in total. The van der Waals surface area contributed by atoms with E-state index in [1.165, 1.54) is 54.5 Å². The Labute approximate surface area is 319 Å². The van der Waals surface area contributed by atoms with E-state index in [9.17, 15) is 48.6 Å². The van der Waals surface area contributed by atoms with Crippen molar-refractivity contribution in [1.29, 1.82) is 0 Å². The number of ketones is 1. The summed E-state index contributed by atoms with van der Waals surface area (Å²) in [6, 6.07) is 0. The zero-order chi connectivity index (χ0) is 42.2. The molecule has 0 aromatic carbocycles. The van der Waals surface area contributed by atoms with Crippen LogP contribution in [0.25, 0.3) is 0 Å². The number of aliphatic hydroxyl groups is 2. The van der Waals surface area contributed by atoms with E-state index in [2.05, 4.69) is 0 Å². The zero-order valence-electron chi connectivity index (χ0n) is 33.4. The molecule has 1 heterocycles. The Morgan fingerprint density at radius 2 is 1.24 bits per heavy atom. The summed E-state index contributed by atoms with van der Waals surface area (Å²) in [6.45, 7) is 15.1. The smallest absolute Gasteiger partial charge is 0.309 e. The number of Topliss-reactive ketones (excluding diaryl/α,β-unsaturated/α-hetero) is 1. The molecule has 0 amide bonds. The summed E-state index contributed by atoms with van der Waals surface area (Å²) in [5, 5.41) is 24.7. The van der Waals surface area contributed by atoms with E-state index in [1.807, 2.05) is 0 Å². The first kappa shape index (κ1) is 45.0. The Balaban J connectivity index is 2.74. The van der Waals surface area contributed by atoms with Gasteiger partial charge in [-0.3, -0.25) is 38.4 Å². The maximum atomic E-state index is 14.8. The van der Waals surface area contributed by atoms with Gasteiger partial charge >= 0.3 is 41.8 Å². The molecule has 2 aliphatic carbocycles. The minimum Gasteiger partial charge on any atom is -0.458 e. The van der Waals surface area contributed by atoms with Crippen LogP contribution in [0, 0.1) is 23.2 Å². The van der Waals surface area contributed by atoms with Crippen molar-refractivity contribution in [3.8, 4) is 0 Å². The van der Waals surface area contributed by atoms with Crippen molar-refractivity contribution in [2.45, 2.75) is 155 Å². The van der Waals surface area contributed by atoms with Crippen LogP contribution in [0.2, 0.25) is 0 Å². The van der Waals surface area contributed by atoms with Gasteiger partial charge in [0.1, 0.15) is 16.8 Å². The minimum absolute atomic E-state index is 0.553. The standard InChI is InChI=1S/C38H54O17/c1-18(2)31(44)53-30-26(49-20(5)39)29(51-22(7)41)34(9,10)15-16-35(11,47)33(46)37(48)17-36(12,54-23(8)42)27(50-21(6)40)25(37)28-38(30,14-13-24(43)52-28)55-32(45)19(3)4/h15-16,18-19,25-30,47-48H,13-14,17H2,1-12H3/b16-15+/t25-,26+,27-,28-,29-,30-,35-,36-,37-,38+/m1/s1. The van der Waals surface area contributed by atoms with Crippen LogP contribution in [0.3, 0.4) is 0 Å². The molecule has 0 bridgehead atoms. The summed E-state index contributed by atoms with van der Waals surface area (Å²) in [7, 11) is 0. The number of rotatable bonds is 8. The van der Waals surface area contributed by atoms with Gasteiger partial charge in [-0.2, -0.15) is 0 Å². The monoisotopic (exact) mass is 782 g/mol. The van der Waals surface area contributed by atoms with Crippen LogP contribution in [0.15, 0.2) is 12.2 Å². The number of hydrogen-bond acceptors (Lipinski definition) is 17. The summed E-state index contributed by atoms with van der Waals surface area (Å²) in [5.74, 6) is -12.0. The highest BCUT2D eigenvalue weighted by Crippen LogP contribution is 2.56. The number of hydrogen-bond donors (Lipinski definition) is 2. The maximum Gasteiger partial charge on any atom is 0.309 e. The van der Waals surface area contributed by atoms with E-state index in [0.717, 1.165) is 40.7 Å². The highest BCUT2D eigenvalue weighted by molar-refractivity contribution is 5.97. The quantitative estimate of drug-likeness (QED) is 0.203. The fraction of sp³-hybridized carbons (Fsp3) is 0.737. The van der Waals surface area contributed by atoms with E-state index >= 15 is 0 Å². The minimum atomic E-state index is -2.96. The third-order valence-electron chi connectivity index (χ3n) is 10.1. The van der Waals surface area contributed by atoms with Crippen LogP contribution < -0.4 is 0 Å². The van der Waals surface area contributed by atoms with E-state index in [0.29, 0.717) is 0 Å². The molecular weight excluding hydrogens is 728 g/mol. The lowest BCUT2D eigenvalue weighted by Crippen LogP contribution is -2.72. The van der Waals surface area contributed by atoms with Crippen LogP contribution in [-0.4, -0.2) is 111 Å². The van der Waals surface area contributed by atoms with Gasteiger partial charge in [0.05, 0.1) is 17.8 Å². The second-order valence-electron chi connectivity index (χ2n) is 16.3. The van der Waals surface area contributed by atoms with Crippen LogP contribution in [0.5, 0.6) is 0 Å². The molecule has 0 spiro atoms. The molecule has 0 unspecified atom stereocenters. The summed E-state index contributed by atoms with van der Waals surface area (Å²) in [6.07, 6.45) is -9.48. The predicted molar refractivity (Wildman–Crippen MR) is 186 cm³/mol. The molecule has 3 rings (SSSR count). The van der Waals surface area contributed by atoms with Gasteiger partial charge in [0.2, 0.25) is 0 Å². The average molecular weight is 783 g/mol. The lowest BCUT2D eigenvalue weighted by Gasteiger charge is -2.53. The molecule has 0 aromatic heterocycles. The number of fused-ring (bicyclic) bond motifs is 3. The highest BCUT2D eigenvalue weighted by atomic mass is 16.7. The predicted octanol–water partition coefficient (Wildman–Crippen LogP) is 1.98. The van der Waals surface area contributed by atoms with E-state index < -0.39 is 143 Å². The van der Waals surface area contributed by atoms with Gasteiger partial charge < -0.3 is 43.4 Å². The Morgan fingerprint density at radius 1 is 0.709 bits per heavy atom. The molecular formula is C38H54O17. The second kappa shape index (κ2) is 16.0. The lowest BCUT2D eigenvalue weighted by molar-refractivity contribution is -0.273. The molecule has 1 saturated carbocycles. The largest absolute Gasteiger partial charge is 0.458 e. The molecule has 55 heavy (non-hydrogen) atoms. The summed E-state index contributed by atoms with van der Waals surface area (Å²) in [5.41, 5.74) is -11.8. The Kier molecular flexibility index (Phi) is 13.1. The topological polar surface area (TPSA) is 242 Å². The number of carbonyl (C=O) groups is 8. The molecule has 17 heteroatoms. The van der Waals surface area contributed by atoms with Crippen LogP contribution in [0.1, 0.15) is 102 Å². The van der Waals surface area contributed by atoms with Gasteiger partial charge in [-0.15, -0.1) is 0 Å². The molecule has 3 aliphatic rings. The Bertz CT molecular complexity index is 1610. The first-order chi connectivity index (χ1) is 25.0. The summed E-state index contributed by atoms with van der Waals surface area (Å²) in [4.78, 5) is 107. The normalized spacial score (nSPS) is 36.4. The first-order valence-corrected chi connectivity index (χ1v) is 18.1. The molecule has 17 nitrogen and oxygen atoms in total. The zero-order valence-corrected chi connectivity index (χ0v) is 33.4. The first-order valence-electron chi connectivity index (χ1n) is 18.1. The Hall–Kier alpha value is -4.38. The SMILES string of the molecule is CC(=O)O[C@H]1[C@@H](OC(C)=O)C(C)(C)/C=C/[C@@](C)(O)C(=O)[C@@]2(O)C[C@@](C)(OC(C)=O)[C@H](OC(C)=O)[C@@H]2[C@H]2OC(=O)CC[C@@]2(OC(=O)C(C)C)[C@@H]1OC(=O)C(C)C. The molecule has 0 aromatic rings. The van der Waals surface area contributed by atoms with Gasteiger partial charge in [0.25, 0.3) is 0 Å². The van der Waals surface area contributed by atoms with Crippen molar-refractivity contribution in [1.82, 2.24) is 0 Å². The van der Waals surface area contributed by atoms with Crippen molar-refractivity contribution in [2.24, 2.45) is 23.2 Å². The van der Waals surface area contributed by atoms with Crippen molar-refractivity contribution in [3.63, 3.8) is 0 Å². The van der Waals surface area contributed by atoms with Gasteiger partial charge in [-0.05, 0) is 19.9 Å². The van der Waals surface area contributed by atoms with Crippen LogP contribution in [-0.2, 0) is 71.5 Å². The number of esters is 7. The van der Waals surface area contributed by atoms with Crippen LogP contribution in [0.4, 0.5) is 0 Å². The Morgan fingerprint density at radius 3 is 1.73 bits per heavy atom. The highest BCUT2D eigenvalue weighted by Gasteiger charge is 2.75. The van der Waals surface area contributed by atoms with Gasteiger partial charge in [0.15, 0.2) is 41.9 Å². The van der Waals surface area contributed by atoms with Gasteiger partial charge in [-0.25, -0.2) is 0 Å². The molecule has 308 valence electrons. The average Bonchev–Trinajstić information content (AvgIpc) is 3.24. The maximum absolute atomic E-state index is 14.8. The van der Waals surface area contributed by atoms with Gasteiger partial charge in [0, 0.05) is 52.4 Å². The third-order valence-corrected chi connectivity index (χ3v) is 10.1. The number of ether oxygens (including phenoxy) is 7. The fourth-order valence-corrected chi connectivity index (χ4v) is 7.70. The van der Waals surface area contributed by atoms with Crippen molar-refractivity contribution >= 4 is 47.6 Å². The fourth-order valence-electron chi connectivity index (χ4n) is 7.70. The molecule has 0 radical (unpaired) electrons. The lowest BCUT2D eigenvalue weighted by atomic mass is 9.66. The molecule has 1 aliphatic heterocycles. The van der Waals surface area contributed by atoms with E-state index in [4.69, 9.17) is 33.2 Å².